The van der Waals surface area contributed by atoms with Crippen LogP contribution < -0.4 is 11.1 Å². The van der Waals surface area contributed by atoms with Gasteiger partial charge < -0.3 is 11.1 Å². The molecular formula is C10H11ClN2O. The van der Waals surface area contributed by atoms with E-state index in [-0.39, 0.29) is 18.0 Å². The van der Waals surface area contributed by atoms with Crippen molar-refractivity contribution in [2.24, 2.45) is 5.73 Å². The van der Waals surface area contributed by atoms with Crippen molar-refractivity contribution in [3.8, 4) is 0 Å². The summed E-state index contributed by atoms with van der Waals surface area (Å²) in [6, 6.07) is 7.13. The highest BCUT2D eigenvalue weighted by Gasteiger charge is 2.34. The van der Waals surface area contributed by atoms with Crippen LogP contribution in [0.1, 0.15) is 16.8 Å². The first-order chi connectivity index (χ1) is 6.66. The fraction of sp³-hybridized carbons (Fsp3) is 0.300. The monoisotopic (exact) mass is 210 g/mol. The van der Waals surface area contributed by atoms with Crippen LogP contribution in [0.3, 0.4) is 0 Å². The van der Waals surface area contributed by atoms with Crippen molar-refractivity contribution in [2.75, 3.05) is 0 Å². The van der Waals surface area contributed by atoms with Gasteiger partial charge in [-0.1, -0.05) is 17.7 Å². The molecule has 0 saturated heterocycles. The van der Waals surface area contributed by atoms with Crippen molar-refractivity contribution in [1.82, 2.24) is 5.32 Å². The SMILES string of the molecule is NC1CC1NC(=O)c1cccc(Cl)c1. The summed E-state index contributed by atoms with van der Waals surface area (Å²) in [4.78, 5) is 11.6. The first-order valence-corrected chi connectivity index (χ1v) is 4.86. The van der Waals surface area contributed by atoms with Crippen LogP contribution in [-0.4, -0.2) is 18.0 Å². The molecule has 0 radical (unpaired) electrons. The highest BCUT2D eigenvalue weighted by Crippen LogP contribution is 2.19. The van der Waals surface area contributed by atoms with E-state index in [4.69, 9.17) is 17.3 Å². The second-order valence-electron chi connectivity index (χ2n) is 3.49. The van der Waals surface area contributed by atoms with Crippen molar-refractivity contribution >= 4 is 17.5 Å². The quantitative estimate of drug-likeness (QED) is 0.770. The standard InChI is InChI=1S/C10H11ClN2O/c11-7-3-1-2-6(4-7)10(14)13-9-5-8(9)12/h1-4,8-9H,5,12H2,(H,13,14). The predicted octanol–water partition coefficient (Wildman–Crippen LogP) is 1.17. The topological polar surface area (TPSA) is 55.1 Å². The first kappa shape index (κ1) is 9.49. The Morgan fingerprint density at radius 1 is 1.57 bits per heavy atom. The molecule has 1 saturated carbocycles. The molecule has 74 valence electrons. The number of hydrogen-bond acceptors (Lipinski definition) is 2. The summed E-state index contributed by atoms with van der Waals surface area (Å²) in [6.45, 7) is 0. The largest absolute Gasteiger partial charge is 0.348 e. The maximum atomic E-state index is 11.6. The van der Waals surface area contributed by atoms with Gasteiger partial charge in [-0.2, -0.15) is 0 Å². The summed E-state index contributed by atoms with van der Waals surface area (Å²) in [5.41, 5.74) is 6.16. The first-order valence-electron chi connectivity index (χ1n) is 4.49. The second-order valence-corrected chi connectivity index (χ2v) is 3.93. The highest BCUT2D eigenvalue weighted by molar-refractivity contribution is 6.30. The summed E-state index contributed by atoms with van der Waals surface area (Å²) < 4.78 is 0. The molecule has 1 aliphatic carbocycles. The van der Waals surface area contributed by atoms with Crippen molar-refractivity contribution in [3.63, 3.8) is 0 Å². The van der Waals surface area contributed by atoms with E-state index in [9.17, 15) is 4.79 Å². The molecule has 1 amide bonds. The number of halogens is 1. The molecule has 1 fully saturated rings. The maximum absolute atomic E-state index is 11.6. The zero-order valence-corrected chi connectivity index (χ0v) is 8.29. The van der Waals surface area contributed by atoms with Gasteiger partial charge in [0.15, 0.2) is 0 Å². The molecule has 1 aromatic rings. The van der Waals surface area contributed by atoms with E-state index in [2.05, 4.69) is 5.32 Å². The highest BCUT2D eigenvalue weighted by atomic mass is 35.5. The number of rotatable bonds is 2. The number of carbonyl (C=O) groups is 1. The minimum absolute atomic E-state index is 0.106. The van der Waals surface area contributed by atoms with Crippen molar-refractivity contribution in [1.29, 1.82) is 0 Å². The number of benzene rings is 1. The Bertz CT molecular complexity index is 367. The fourth-order valence-electron chi connectivity index (χ4n) is 1.26. The lowest BCUT2D eigenvalue weighted by atomic mass is 10.2. The normalized spacial score (nSPS) is 24.4. The van der Waals surface area contributed by atoms with Crippen LogP contribution >= 0.6 is 11.6 Å². The van der Waals surface area contributed by atoms with Gasteiger partial charge in [0, 0.05) is 22.7 Å². The Balaban J connectivity index is 2.03. The molecule has 14 heavy (non-hydrogen) atoms. The smallest absolute Gasteiger partial charge is 0.251 e. The summed E-state index contributed by atoms with van der Waals surface area (Å²) in [5, 5.41) is 3.39. The van der Waals surface area contributed by atoms with Gasteiger partial charge in [-0.15, -0.1) is 0 Å². The number of hydrogen-bond donors (Lipinski definition) is 2. The number of nitrogens with one attached hydrogen (secondary N) is 1. The van der Waals surface area contributed by atoms with Gasteiger partial charge in [-0.3, -0.25) is 4.79 Å². The van der Waals surface area contributed by atoms with E-state index in [1.165, 1.54) is 0 Å². The number of carbonyl (C=O) groups excluding carboxylic acids is 1. The van der Waals surface area contributed by atoms with Crippen LogP contribution in [-0.2, 0) is 0 Å². The van der Waals surface area contributed by atoms with Crippen LogP contribution in [0, 0.1) is 0 Å². The lowest BCUT2D eigenvalue weighted by molar-refractivity contribution is 0.0950. The van der Waals surface area contributed by atoms with Crippen molar-refractivity contribution in [3.05, 3.63) is 34.9 Å². The lowest BCUT2D eigenvalue weighted by Crippen LogP contribution is -2.29. The van der Waals surface area contributed by atoms with E-state index in [0.29, 0.717) is 10.6 Å². The summed E-state index contributed by atoms with van der Waals surface area (Å²) in [7, 11) is 0. The molecule has 3 nitrogen and oxygen atoms in total. The van der Waals surface area contributed by atoms with Crippen LogP contribution in [0.5, 0.6) is 0 Å². The third kappa shape index (κ3) is 2.05. The Labute approximate surface area is 87.2 Å². The molecular weight excluding hydrogens is 200 g/mol. The average Bonchev–Trinajstić information content (AvgIpc) is 2.81. The molecule has 0 spiro atoms. The Kier molecular flexibility index (Phi) is 2.44. The van der Waals surface area contributed by atoms with Gasteiger partial charge in [0.1, 0.15) is 0 Å². The zero-order chi connectivity index (χ0) is 10.1. The molecule has 4 heteroatoms. The lowest BCUT2D eigenvalue weighted by Gasteiger charge is -2.03. The van der Waals surface area contributed by atoms with Gasteiger partial charge >= 0.3 is 0 Å². The van der Waals surface area contributed by atoms with Gasteiger partial charge in [0.25, 0.3) is 5.91 Å². The number of amides is 1. The third-order valence-electron chi connectivity index (χ3n) is 2.24. The van der Waals surface area contributed by atoms with Gasteiger partial charge in [-0.25, -0.2) is 0 Å². The molecule has 2 atom stereocenters. The van der Waals surface area contributed by atoms with Crippen LogP contribution in [0.15, 0.2) is 24.3 Å². The molecule has 1 aliphatic rings. The number of nitrogens with two attached hydrogens (primary N) is 1. The van der Waals surface area contributed by atoms with Gasteiger partial charge in [0.2, 0.25) is 0 Å². The molecule has 0 bridgehead atoms. The minimum Gasteiger partial charge on any atom is -0.348 e. The zero-order valence-electron chi connectivity index (χ0n) is 7.53. The predicted molar refractivity (Wildman–Crippen MR) is 55.3 cm³/mol. The van der Waals surface area contributed by atoms with Crippen LogP contribution in [0.4, 0.5) is 0 Å². The molecule has 0 aromatic heterocycles. The van der Waals surface area contributed by atoms with Crippen molar-refractivity contribution < 1.29 is 4.79 Å². The van der Waals surface area contributed by atoms with E-state index >= 15 is 0 Å². The summed E-state index contributed by atoms with van der Waals surface area (Å²) in [5.74, 6) is -0.106. The average molecular weight is 211 g/mol. The fourth-order valence-corrected chi connectivity index (χ4v) is 1.45. The summed E-state index contributed by atoms with van der Waals surface area (Å²) >= 11 is 5.77. The van der Waals surface area contributed by atoms with E-state index in [0.717, 1.165) is 6.42 Å². The van der Waals surface area contributed by atoms with Gasteiger partial charge in [0.05, 0.1) is 0 Å². The van der Waals surface area contributed by atoms with Gasteiger partial charge in [-0.05, 0) is 24.6 Å². The Hall–Kier alpha value is -1.06. The summed E-state index contributed by atoms with van der Waals surface area (Å²) in [6.07, 6.45) is 0.867. The maximum Gasteiger partial charge on any atom is 0.251 e. The second kappa shape index (κ2) is 3.59. The minimum atomic E-state index is -0.106. The molecule has 0 aliphatic heterocycles. The molecule has 2 unspecified atom stereocenters. The van der Waals surface area contributed by atoms with E-state index in [1.54, 1.807) is 24.3 Å². The Morgan fingerprint density at radius 3 is 2.86 bits per heavy atom. The van der Waals surface area contributed by atoms with E-state index < -0.39 is 0 Å². The molecule has 0 heterocycles. The molecule has 2 rings (SSSR count). The van der Waals surface area contributed by atoms with Crippen molar-refractivity contribution in [2.45, 2.75) is 18.5 Å². The molecule has 3 N–H and O–H groups in total. The molecule has 1 aromatic carbocycles. The van der Waals surface area contributed by atoms with Crippen LogP contribution in [0.25, 0.3) is 0 Å². The van der Waals surface area contributed by atoms with E-state index in [1.807, 2.05) is 0 Å². The third-order valence-corrected chi connectivity index (χ3v) is 2.48. The Morgan fingerprint density at radius 2 is 2.29 bits per heavy atom. The van der Waals surface area contributed by atoms with Crippen LogP contribution in [0.2, 0.25) is 5.02 Å².